The molecule has 24 heavy (non-hydrogen) atoms. The molecule has 0 amide bonds. The molecule has 3 aliphatic rings. The van der Waals surface area contributed by atoms with Crippen LogP contribution < -0.4 is 0 Å². The van der Waals surface area contributed by atoms with E-state index in [1.807, 2.05) is 0 Å². The van der Waals surface area contributed by atoms with Crippen molar-refractivity contribution < 1.29 is 14.3 Å². The number of hydrogen-bond donors (Lipinski definition) is 0. The van der Waals surface area contributed by atoms with Crippen molar-refractivity contribution in [3.05, 3.63) is 34.4 Å². The number of allylic oxidation sites excluding steroid dienone is 4. The molecule has 1 saturated carbocycles. The van der Waals surface area contributed by atoms with Gasteiger partial charge in [-0.2, -0.15) is 0 Å². The van der Waals surface area contributed by atoms with Crippen molar-refractivity contribution in [3.8, 4) is 0 Å². The van der Waals surface area contributed by atoms with Crippen LogP contribution in [0.3, 0.4) is 0 Å². The van der Waals surface area contributed by atoms with E-state index < -0.39 is 0 Å². The van der Waals surface area contributed by atoms with E-state index in [1.54, 1.807) is 0 Å². The first-order valence-electron chi connectivity index (χ1n) is 9.10. The van der Waals surface area contributed by atoms with Gasteiger partial charge >= 0.3 is 5.97 Å². The molecular weight excluding hydrogens is 300 g/mol. The van der Waals surface area contributed by atoms with Crippen LogP contribution in [0.4, 0.5) is 0 Å². The van der Waals surface area contributed by atoms with Crippen LogP contribution in [0.1, 0.15) is 59.8 Å². The molecule has 0 aromatic rings. The third-order valence-electron chi connectivity index (χ3n) is 6.06. The summed E-state index contributed by atoms with van der Waals surface area (Å²) in [5, 5.41) is 0. The summed E-state index contributed by atoms with van der Waals surface area (Å²) in [6.45, 7) is 8.30. The predicted octanol–water partition coefficient (Wildman–Crippen LogP) is 4.54. The monoisotopic (exact) mass is 328 g/mol. The summed E-state index contributed by atoms with van der Waals surface area (Å²) in [5.41, 5.74) is 4.75. The molecule has 0 saturated heterocycles. The van der Waals surface area contributed by atoms with Crippen molar-refractivity contribution in [1.82, 2.24) is 0 Å². The lowest BCUT2D eigenvalue weighted by Crippen LogP contribution is -2.28. The van der Waals surface area contributed by atoms with Crippen LogP contribution in [0, 0.1) is 17.3 Å². The number of rotatable bonds is 3. The number of aldehydes is 1. The van der Waals surface area contributed by atoms with Crippen LogP contribution in [-0.2, 0) is 14.3 Å². The molecule has 0 spiro atoms. The number of carbonyl (C=O) groups is 2. The van der Waals surface area contributed by atoms with Gasteiger partial charge in [-0.05, 0) is 66.1 Å². The smallest absolute Gasteiger partial charge is 0.303 e. The second-order valence-corrected chi connectivity index (χ2v) is 8.10. The molecule has 3 heteroatoms. The second-order valence-electron chi connectivity index (χ2n) is 8.10. The number of esters is 1. The lowest BCUT2D eigenvalue weighted by molar-refractivity contribution is -0.145. The average Bonchev–Trinajstić information content (AvgIpc) is 2.77. The highest BCUT2D eigenvalue weighted by Crippen LogP contribution is 2.56. The molecule has 0 aromatic carbocycles. The fraction of sp³-hybridized carbons (Fsp3) is 0.619. The third-order valence-corrected chi connectivity index (χ3v) is 6.06. The van der Waals surface area contributed by atoms with E-state index in [4.69, 9.17) is 4.74 Å². The Morgan fingerprint density at radius 3 is 2.75 bits per heavy atom. The molecule has 130 valence electrons. The Kier molecular flexibility index (Phi) is 4.54. The second kappa shape index (κ2) is 6.34. The van der Waals surface area contributed by atoms with Gasteiger partial charge in [0.1, 0.15) is 12.4 Å². The quantitative estimate of drug-likeness (QED) is 0.434. The first kappa shape index (κ1) is 17.2. The van der Waals surface area contributed by atoms with E-state index in [0.29, 0.717) is 11.8 Å². The van der Waals surface area contributed by atoms with Crippen LogP contribution in [0.5, 0.6) is 0 Å². The molecule has 0 N–H and O–H groups in total. The van der Waals surface area contributed by atoms with Gasteiger partial charge in [0.25, 0.3) is 0 Å². The van der Waals surface area contributed by atoms with Gasteiger partial charge in [0, 0.05) is 6.92 Å². The zero-order chi connectivity index (χ0) is 17.5. The number of carbonyl (C=O) groups excluding carboxylic acids is 2. The van der Waals surface area contributed by atoms with Crippen LogP contribution in [-0.4, -0.2) is 18.4 Å². The molecular formula is C21H28O3. The van der Waals surface area contributed by atoms with Gasteiger partial charge in [-0.15, -0.1) is 0 Å². The topological polar surface area (TPSA) is 43.4 Å². The van der Waals surface area contributed by atoms with Gasteiger partial charge in [0.15, 0.2) is 0 Å². The van der Waals surface area contributed by atoms with E-state index in [0.717, 1.165) is 55.1 Å². The summed E-state index contributed by atoms with van der Waals surface area (Å²) in [6, 6.07) is 0. The minimum atomic E-state index is -0.241. The Morgan fingerprint density at radius 2 is 2.12 bits per heavy atom. The average molecular weight is 328 g/mol. The molecule has 3 nitrogen and oxygen atoms in total. The van der Waals surface area contributed by atoms with Crippen LogP contribution in [0.25, 0.3) is 0 Å². The van der Waals surface area contributed by atoms with Crippen LogP contribution >= 0.6 is 0 Å². The molecule has 3 aliphatic carbocycles. The van der Waals surface area contributed by atoms with Crippen LogP contribution in [0.15, 0.2) is 34.4 Å². The maximum absolute atomic E-state index is 11.7. The highest BCUT2D eigenvalue weighted by molar-refractivity contribution is 5.78. The first-order chi connectivity index (χ1) is 11.4. The van der Waals surface area contributed by atoms with Gasteiger partial charge < -0.3 is 4.74 Å². The Labute approximate surface area is 144 Å². The third kappa shape index (κ3) is 2.89. The Bertz CT molecular complexity index is 650. The van der Waals surface area contributed by atoms with Crippen molar-refractivity contribution >= 4 is 12.3 Å². The molecule has 0 aliphatic heterocycles. The highest BCUT2D eigenvalue weighted by atomic mass is 16.5. The van der Waals surface area contributed by atoms with Gasteiger partial charge in [-0.25, -0.2) is 0 Å². The maximum Gasteiger partial charge on any atom is 0.303 e. The summed E-state index contributed by atoms with van der Waals surface area (Å²) in [5.74, 6) is 0.673. The summed E-state index contributed by atoms with van der Waals surface area (Å²) >= 11 is 0. The standard InChI is InChI=1S/C21H28O3/c1-13(2)16-8-9-21(4)11-18-15(12-22)6-5-7-17(18)20(10-19(16)21)24-14(3)23/h7-8,12-13,19-20H,5-6,9-11H2,1-4H3. The SMILES string of the molecule is CC(=O)OC1CC2C(C(C)C)=CCC2(C)CC2=C(C=O)CCC=C21. The Balaban J connectivity index is 2.07. The number of hydrogen-bond acceptors (Lipinski definition) is 3. The van der Waals surface area contributed by atoms with Crippen LogP contribution in [0.2, 0.25) is 0 Å². The lowest BCUT2D eigenvalue weighted by atomic mass is 9.70. The van der Waals surface area contributed by atoms with Crippen molar-refractivity contribution in [3.63, 3.8) is 0 Å². The number of fused-ring (bicyclic) bond motifs is 2. The van der Waals surface area contributed by atoms with E-state index in [2.05, 4.69) is 32.9 Å². The minimum absolute atomic E-state index is 0.120. The molecule has 0 aromatic heterocycles. The van der Waals surface area contributed by atoms with Gasteiger partial charge in [0.2, 0.25) is 0 Å². The highest BCUT2D eigenvalue weighted by Gasteiger charge is 2.47. The van der Waals surface area contributed by atoms with Gasteiger partial charge in [-0.1, -0.05) is 38.5 Å². The number of ether oxygens (including phenoxy) is 1. The van der Waals surface area contributed by atoms with Gasteiger partial charge in [-0.3, -0.25) is 9.59 Å². The summed E-state index contributed by atoms with van der Waals surface area (Å²) < 4.78 is 5.73. The van der Waals surface area contributed by atoms with Crippen molar-refractivity contribution in [2.24, 2.45) is 17.3 Å². The maximum atomic E-state index is 11.7. The predicted molar refractivity (Wildman–Crippen MR) is 94.3 cm³/mol. The van der Waals surface area contributed by atoms with E-state index in [9.17, 15) is 9.59 Å². The first-order valence-corrected chi connectivity index (χ1v) is 9.10. The zero-order valence-corrected chi connectivity index (χ0v) is 15.2. The summed E-state index contributed by atoms with van der Waals surface area (Å²) in [6.07, 6.45) is 9.82. The zero-order valence-electron chi connectivity index (χ0n) is 15.2. The summed E-state index contributed by atoms with van der Waals surface area (Å²) in [7, 11) is 0. The molecule has 1 fully saturated rings. The lowest BCUT2D eigenvalue weighted by Gasteiger charge is -2.34. The normalized spacial score (nSPS) is 32.5. The molecule has 3 unspecified atom stereocenters. The van der Waals surface area contributed by atoms with E-state index in [1.165, 1.54) is 12.5 Å². The Hall–Kier alpha value is -1.64. The van der Waals surface area contributed by atoms with Gasteiger partial charge in [0.05, 0.1) is 0 Å². The van der Waals surface area contributed by atoms with Crippen molar-refractivity contribution in [2.45, 2.75) is 65.9 Å². The minimum Gasteiger partial charge on any atom is -0.458 e. The van der Waals surface area contributed by atoms with Crippen molar-refractivity contribution in [1.29, 1.82) is 0 Å². The Morgan fingerprint density at radius 1 is 1.38 bits per heavy atom. The largest absolute Gasteiger partial charge is 0.458 e. The van der Waals surface area contributed by atoms with E-state index in [-0.39, 0.29) is 17.5 Å². The van der Waals surface area contributed by atoms with Crippen molar-refractivity contribution in [2.75, 3.05) is 0 Å². The fourth-order valence-electron chi connectivity index (χ4n) is 4.86. The molecule has 3 atom stereocenters. The molecule has 0 heterocycles. The van der Waals surface area contributed by atoms with E-state index >= 15 is 0 Å². The molecule has 0 radical (unpaired) electrons. The summed E-state index contributed by atoms with van der Waals surface area (Å²) in [4.78, 5) is 23.3. The molecule has 0 bridgehead atoms. The molecule has 3 rings (SSSR count). The fourth-order valence-corrected chi connectivity index (χ4v) is 4.86.